The van der Waals surface area contributed by atoms with E-state index < -0.39 is 17.7 Å². The third kappa shape index (κ3) is 3.39. The first kappa shape index (κ1) is 15.4. The van der Waals surface area contributed by atoms with Crippen molar-refractivity contribution in [2.24, 2.45) is 7.05 Å². The molecule has 1 heterocycles. The van der Waals surface area contributed by atoms with E-state index in [2.05, 4.69) is 5.32 Å². The molecule has 2 aromatic rings. The smallest absolute Gasteiger partial charge is 0.308 e. The van der Waals surface area contributed by atoms with Crippen LogP contribution in [0.25, 0.3) is 0 Å². The van der Waals surface area contributed by atoms with Crippen molar-refractivity contribution in [3.8, 4) is 0 Å². The Hall–Kier alpha value is -1.95. The summed E-state index contributed by atoms with van der Waals surface area (Å²) in [4.78, 5) is 11.9. The summed E-state index contributed by atoms with van der Waals surface area (Å²) in [7, 11) is 1.65. The zero-order valence-corrected chi connectivity index (χ0v) is 12.1. The van der Waals surface area contributed by atoms with Crippen LogP contribution in [0.5, 0.6) is 0 Å². The average molecular weight is 295 g/mol. The van der Waals surface area contributed by atoms with E-state index in [9.17, 15) is 13.6 Å². The summed E-state index contributed by atoms with van der Waals surface area (Å²) in [6.45, 7) is 2.89. The van der Waals surface area contributed by atoms with Gasteiger partial charge in [0.15, 0.2) is 11.6 Å². The van der Waals surface area contributed by atoms with E-state index in [0.717, 1.165) is 12.5 Å². The van der Waals surface area contributed by atoms with E-state index in [4.69, 9.17) is 0 Å². The summed E-state index contributed by atoms with van der Waals surface area (Å²) in [5.74, 6) is -1.74. The molecule has 1 N–H and O–H groups in total. The lowest BCUT2D eigenvalue weighted by molar-refractivity contribution is 0.421. The highest BCUT2D eigenvalue weighted by molar-refractivity contribution is 5.22. The molecule has 4 nitrogen and oxygen atoms in total. The van der Waals surface area contributed by atoms with Gasteiger partial charge in [-0.3, -0.25) is 4.57 Å². The van der Waals surface area contributed by atoms with E-state index in [0.29, 0.717) is 6.54 Å². The quantitative estimate of drug-likeness (QED) is 0.887. The van der Waals surface area contributed by atoms with Crippen molar-refractivity contribution in [3.05, 3.63) is 58.3 Å². The number of nitrogens with one attached hydrogen (secondary N) is 1. The van der Waals surface area contributed by atoms with Gasteiger partial charge >= 0.3 is 5.69 Å². The largest absolute Gasteiger partial charge is 0.327 e. The lowest BCUT2D eigenvalue weighted by Crippen LogP contribution is -2.31. The molecule has 21 heavy (non-hydrogen) atoms. The molecule has 0 radical (unpaired) electrons. The molecule has 1 atom stereocenters. The summed E-state index contributed by atoms with van der Waals surface area (Å²) in [6.07, 6.45) is 4.14. The highest BCUT2D eigenvalue weighted by atomic mass is 19.2. The number of halogens is 2. The maximum Gasteiger partial charge on any atom is 0.327 e. The first-order valence-electron chi connectivity index (χ1n) is 6.93. The van der Waals surface area contributed by atoms with E-state index >= 15 is 0 Å². The highest BCUT2D eigenvalue weighted by Gasteiger charge is 2.19. The number of imidazole rings is 1. The van der Waals surface area contributed by atoms with Gasteiger partial charge in [0, 0.05) is 31.5 Å². The first-order valence-corrected chi connectivity index (χ1v) is 6.93. The Kier molecular flexibility index (Phi) is 4.90. The Bertz CT molecular complexity index is 663. The summed E-state index contributed by atoms with van der Waals surface area (Å²) >= 11 is 0. The molecule has 114 valence electrons. The van der Waals surface area contributed by atoms with Crippen molar-refractivity contribution in [1.82, 2.24) is 14.5 Å². The van der Waals surface area contributed by atoms with Crippen LogP contribution in [-0.4, -0.2) is 15.7 Å². The van der Waals surface area contributed by atoms with Crippen LogP contribution < -0.4 is 11.0 Å². The molecule has 0 aliphatic heterocycles. The molecule has 6 heteroatoms. The van der Waals surface area contributed by atoms with Gasteiger partial charge in [-0.05, 0) is 19.0 Å². The van der Waals surface area contributed by atoms with Gasteiger partial charge < -0.3 is 9.88 Å². The maximum absolute atomic E-state index is 14.0. The van der Waals surface area contributed by atoms with Crippen molar-refractivity contribution in [1.29, 1.82) is 0 Å². The van der Waals surface area contributed by atoms with E-state index in [-0.39, 0.29) is 17.8 Å². The van der Waals surface area contributed by atoms with Crippen LogP contribution in [0.4, 0.5) is 8.78 Å². The average Bonchev–Trinajstić information content (AvgIpc) is 2.78. The molecule has 0 spiro atoms. The summed E-state index contributed by atoms with van der Waals surface area (Å²) in [5, 5.41) is 3.16. The molecule has 0 amide bonds. The summed E-state index contributed by atoms with van der Waals surface area (Å²) < 4.78 is 30.3. The van der Waals surface area contributed by atoms with Crippen molar-refractivity contribution >= 4 is 0 Å². The Morgan fingerprint density at radius 3 is 2.67 bits per heavy atom. The van der Waals surface area contributed by atoms with E-state index in [1.54, 1.807) is 25.5 Å². The fourth-order valence-corrected chi connectivity index (χ4v) is 2.23. The van der Waals surface area contributed by atoms with Crippen LogP contribution in [0, 0.1) is 11.6 Å². The Morgan fingerprint density at radius 2 is 2.05 bits per heavy atom. The van der Waals surface area contributed by atoms with E-state index in [1.165, 1.54) is 15.2 Å². The van der Waals surface area contributed by atoms with Gasteiger partial charge in [-0.25, -0.2) is 13.6 Å². The zero-order chi connectivity index (χ0) is 15.4. The number of nitrogens with zero attached hydrogens (tertiary/aromatic N) is 2. The second-order valence-electron chi connectivity index (χ2n) is 4.99. The Morgan fingerprint density at radius 1 is 1.29 bits per heavy atom. The van der Waals surface area contributed by atoms with Crippen LogP contribution in [0.2, 0.25) is 0 Å². The van der Waals surface area contributed by atoms with Gasteiger partial charge in [0.1, 0.15) is 0 Å². The number of hydrogen-bond acceptors (Lipinski definition) is 2. The standard InChI is InChI=1S/C15H19F2N3O/c1-3-7-18-13(10-20-9-8-19(2)15(20)21)11-5-4-6-12(16)14(11)17/h4-6,8-9,13,18H,3,7,10H2,1-2H3. The van der Waals surface area contributed by atoms with Crippen molar-refractivity contribution < 1.29 is 8.78 Å². The fourth-order valence-electron chi connectivity index (χ4n) is 2.23. The molecule has 1 aromatic carbocycles. The minimum atomic E-state index is -0.879. The molecule has 0 aliphatic rings. The molecule has 0 bridgehead atoms. The lowest BCUT2D eigenvalue weighted by Gasteiger charge is -2.20. The van der Waals surface area contributed by atoms with Crippen LogP contribution in [-0.2, 0) is 13.6 Å². The van der Waals surface area contributed by atoms with Crippen LogP contribution >= 0.6 is 0 Å². The molecule has 0 saturated heterocycles. The van der Waals surface area contributed by atoms with Gasteiger partial charge in [-0.15, -0.1) is 0 Å². The van der Waals surface area contributed by atoms with Gasteiger partial charge in [0.05, 0.1) is 6.04 Å². The maximum atomic E-state index is 14.0. The van der Waals surface area contributed by atoms with Gasteiger partial charge in [-0.2, -0.15) is 0 Å². The minimum Gasteiger partial charge on any atom is -0.308 e. The van der Waals surface area contributed by atoms with E-state index in [1.807, 2.05) is 6.92 Å². The number of aromatic nitrogens is 2. The second-order valence-corrected chi connectivity index (χ2v) is 4.99. The number of rotatable bonds is 6. The SMILES string of the molecule is CCCNC(Cn1ccn(C)c1=O)c1cccc(F)c1F. The molecule has 0 saturated carbocycles. The monoisotopic (exact) mass is 295 g/mol. The molecule has 1 unspecified atom stereocenters. The van der Waals surface area contributed by atoms with Crippen LogP contribution in [0.1, 0.15) is 24.9 Å². The molecule has 1 aromatic heterocycles. The van der Waals surface area contributed by atoms with Crippen molar-refractivity contribution in [2.75, 3.05) is 6.54 Å². The van der Waals surface area contributed by atoms with Crippen LogP contribution in [0.15, 0.2) is 35.4 Å². The van der Waals surface area contributed by atoms with Crippen molar-refractivity contribution in [3.63, 3.8) is 0 Å². The Balaban J connectivity index is 2.32. The lowest BCUT2D eigenvalue weighted by atomic mass is 10.1. The predicted octanol–water partition coefficient (Wildman–Crippen LogP) is 2.21. The Labute approximate surface area is 122 Å². The van der Waals surface area contributed by atoms with Crippen LogP contribution in [0.3, 0.4) is 0 Å². The molecule has 0 fully saturated rings. The number of benzene rings is 1. The molecular weight excluding hydrogens is 276 g/mol. The van der Waals surface area contributed by atoms with Crippen molar-refractivity contribution in [2.45, 2.75) is 25.9 Å². The van der Waals surface area contributed by atoms with Gasteiger partial charge in [0.2, 0.25) is 0 Å². The van der Waals surface area contributed by atoms with Gasteiger partial charge in [-0.1, -0.05) is 19.1 Å². The first-order chi connectivity index (χ1) is 10.0. The summed E-state index contributed by atoms with van der Waals surface area (Å²) in [6, 6.07) is 3.65. The topological polar surface area (TPSA) is 39.0 Å². The normalized spacial score (nSPS) is 12.6. The summed E-state index contributed by atoms with van der Waals surface area (Å²) in [5.41, 5.74) is 0.0503. The third-order valence-corrected chi connectivity index (χ3v) is 3.39. The zero-order valence-electron chi connectivity index (χ0n) is 12.1. The third-order valence-electron chi connectivity index (χ3n) is 3.39. The molecule has 0 aliphatic carbocycles. The number of hydrogen-bond donors (Lipinski definition) is 1. The molecule has 2 rings (SSSR count). The predicted molar refractivity (Wildman–Crippen MR) is 77.1 cm³/mol. The number of aryl methyl sites for hydroxylation is 1. The van der Waals surface area contributed by atoms with Gasteiger partial charge in [0.25, 0.3) is 0 Å². The molecular formula is C15H19F2N3O. The fraction of sp³-hybridized carbons (Fsp3) is 0.400. The minimum absolute atomic E-state index is 0.185. The second kappa shape index (κ2) is 6.67. The highest BCUT2D eigenvalue weighted by Crippen LogP contribution is 2.20.